The molecular formula is C12H13N3O2S. The van der Waals surface area contributed by atoms with Gasteiger partial charge in [0.05, 0.1) is 12.0 Å². The van der Waals surface area contributed by atoms with E-state index in [2.05, 4.69) is 9.71 Å². The van der Waals surface area contributed by atoms with E-state index in [-0.39, 0.29) is 0 Å². The average molecular weight is 263 g/mol. The van der Waals surface area contributed by atoms with E-state index in [9.17, 15) is 4.21 Å². The summed E-state index contributed by atoms with van der Waals surface area (Å²) in [5.41, 5.74) is 6.20. The van der Waals surface area contributed by atoms with E-state index >= 15 is 0 Å². The summed E-state index contributed by atoms with van der Waals surface area (Å²) in [6.07, 6.45) is 1.58. The summed E-state index contributed by atoms with van der Waals surface area (Å²) in [6.45, 7) is 0. The number of benzene rings is 1. The van der Waals surface area contributed by atoms with E-state index in [0.717, 1.165) is 0 Å². The Kier molecular flexibility index (Phi) is 3.78. The number of hydrogen-bond donors (Lipinski definition) is 2. The largest absolute Gasteiger partial charge is 0.497 e. The predicted octanol–water partition coefficient (Wildman–Crippen LogP) is 1.81. The third kappa shape index (κ3) is 2.98. The summed E-state index contributed by atoms with van der Waals surface area (Å²) in [5, 5.41) is 0. The quantitative estimate of drug-likeness (QED) is 0.825. The number of pyridine rings is 1. The molecular weight excluding hydrogens is 250 g/mol. The SMILES string of the molecule is COc1ccnc(NS(=O)c2ccc(N)cc2)c1. The van der Waals surface area contributed by atoms with Gasteiger partial charge >= 0.3 is 0 Å². The number of nitrogens with two attached hydrogens (primary N) is 1. The van der Waals surface area contributed by atoms with Crippen LogP contribution < -0.4 is 15.2 Å². The lowest BCUT2D eigenvalue weighted by molar-refractivity contribution is 0.414. The zero-order valence-corrected chi connectivity index (χ0v) is 10.6. The van der Waals surface area contributed by atoms with Gasteiger partial charge in [0.25, 0.3) is 0 Å². The molecule has 2 rings (SSSR count). The maximum absolute atomic E-state index is 12.0. The van der Waals surface area contributed by atoms with Crippen LogP contribution in [0.3, 0.4) is 0 Å². The van der Waals surface area contributed by atoms with E-state index in [1.165, 1.54) is 0 Å². The smallest absolute Gasteiger partial charge is 0.151 e. The predicted molar refractivity (Wildman–Crippen MR) is 71.7 cm³/mol. The monoisotopic (exact) mass is 263 g/mol. The van der Waals surface area contributed by atoms with Crippen molar-refractivity contribution >= 4 is 22.5 Å². The third-order valence-electron chi connectivity index (χ3n) is 2.26. The molecule has 1 aromatic heterocycles. The summed E-state index contributed by atoms with van der Waals surface area (Å²) in [7, 11) is 0.189. The molecule has 0 amide bonds. The fourth-order valence-corrected chi connectivity index (χ4v) is 2.14. The molecule has 5 nitrogen and oxygen atoms in total. The number of aromatic nitrogens is 1. The standard InChI is InChI=1S/C12H13N3O2S/c1-17-10-6-7-14-12(8-10)15-18(16)11-4-2-9(13)3-5-11/h2-8H,13H2,1H3,(H,14,15). The van der Waals surface area contributed by atoms with Gasteiger partial charge in [0.15, 0.2) is 11.0 Å². The average Bonchev–Trinajstić information content (AvgIpc) is 2.39. The molecule has 94 valence electrons. The molecule has 0 fully saturated rings. The van der Waals surface area contributed by atoms with Gasteiger partial charge in [-0.3, -0.25) is 4.72 Å². The number of hydrogen-bond acceptors (Lipinski definition) is 4. The number of nitrogen functional groups attached to an aromatic ring is 1. The zero-order chi connectivity index (χ0) is 13.0. The first-order chi connectivity index (χ1) is 8.69. The Morgan fingerprint density at radius 1 is 1.28 bits per heavy atom. The van der Waals surface area contributed by atoms with Crippen LogP contribution in [0.2, 0.25) is 0 Å². The van der Waals surface area contributed by atoms with Gasteiger partial charge in [0.1, 0.15) is 11.6 Å². The molecule has 1 aromatic carbocycles. The van der Waals surface area contributed by atoms with E-state index in [4.69, 9.17) is 10.5 Å². The molecule has 1 unspecified atom stereocenters. The van der Waals surface area contributed by atoms with Crippen molar-refractivity contribution in [1.82, 2.24) is 4.98 Å². The maximum atomic E-state index is 12.0. The van der Waals surface area contributed by atoms with E-state index in [1.807, 2.05) is 0 Å². The van der Waals surface area contributed by atoms with Crippen LogP contribution >= 0.6 is 0 Å². The number of methoxy groups -OCH3 is 1. The molecule has 3 N–H and O–H groups in total. The van der Waals surface area contributed by atoms with Gasteiger partial charge in [-0.25, -0.2) is 9.19 Å². The van der Waals surface area contributed by atoms with Gasteiger partial charge in [0.2, 0.25) is 0 Å². The van der Waals surface area contributed by atoms with Gasteiger partial charge in [-0.2, -0.15) is 0 Å². The van der Waals surface area contributed by atoms with Crippen molar-refractivity contribution < 1.29 is 8.95 Å². The molecule has 1 atom stereocenters. The lowest BCUT2D eigenvalue weighted by Gasteiger charge is -2.06. The Morgan fingerprint density at radius 2 is 2.00 bits per heavy atom. The van der Waals surface area contributed by atoms with Crippen LogP contribution in [0.5, 0.6) is 5.75 Å². The summed E-state index contributed by atoms with van der Waals surface area (Å²) in [6, 6.07) is 10.2. The van der Waals surface area contributed by atoms with Crippen molar-refractivity contribution in [3.63, 3.8) is 0 Å². The number of anilines is 2. The van der Waals surface area contributed by atoms with Gasteiger partial charge in [-0.1, -0.05) is 0 Å². The highest BCUT2D eigenvalue weighted by Crippen LogP contribution is 2.16. The van der Waals surface area contributed by atoms with Crippen molar-refractivity contribution in [1.29, 1.82) is 0 Å². The van der Waals surface area contributed by atoms with Crippen molar-refractivity contribution in [2.24, 2.45) is 0 Å². The van der Waals surface area contributed by atoms with Crippen LogP contribution in [0.1, 0.15) is 0 Å². The fourth-order valence-electron chi connectivity index (χ4n) is 1.34. The topological polar surface area (TPSA) is 77.2 Å². The minimum atomic E-state index is -1.38. The Hall–Kier alpha value is -2.08. The first-order valence-electron chi connectivity index (χ1n) is 5.23. The Morgan fingerprint density at radius 3 is 2.67 bits per heavy atom. The second-order valence-corrected chi connectivity index (χ2v) is 4.73. The zero-order valence-electron chi connectivity index (χ0n) is 9.79. The van der Waals surface area contributed by atoms with Crippen LogP contribution in [-0.4, -0.2) is 16.3 Å². The first-order valence-corrected chi connectivity index (χ1v) is 6.38. The second-order valence-electron chi connectivity index (χ2n) is 3.52. The van der Waals surface area contributed by atoms with Gasteiger partial charge in [0, 0.05) is 18.0 Å². The van der Waals surface area contributed by atoms with Crippen molar-refractivity contribution in [2.45, 2.75) is 4.90 Å². The number of nitrogens with one attached hydrogen (secondary N) is 1. The Bertz CT molecular complexity index is 558. The molecule has 0 aliphatic carbocycles. The summed E-state index contributed by atoms with van der Waals surface area (Å²) < 4.78 is 19.9. The van der Waals surface area contributed by atoms with E-state index < -0.39 is 11.0 Å². The second kappa shape index (κ2) is 5.50. The highest BCUT2D eigenvalue weighted by atomic mass is 32.2. The molecule has 0 bridgehead atoms. The number of ether oxygens (including phenoxy) is 1. The molecule has 0 aliphatic heterocycles. The lowest BCUT2D eigenvalue weighted by atomic mass is 10.3. The van der Waals surface area contributed by atoms with E-state index in [1.54, 1.807) is 49.7 Å². The summed E-state index contributed by atoms with van der Waals surface area (Å²) in [4.78, 5) is 4.69. The number of nitrogens with zero attached hydrogens (tertiary/aromatic N) is 1. The lowest BCUT2D eigenvalue weighted by Crippen LogP contribution is -2.06. The van der Waals surface area contributed by atoms with Crippen LogP contribution in [0.15, 0.2) is 47.5 Å². The van der Waals surface area contributed by atoms with Gasteiger partial charge in [-0.05, 0) is 30.3 Å². The molecule has 0 aliphatic rings. The van der Waals surface area contributed by atoms with Crippen molar-refractivity contribution in [3.05, 3.63) is 42.6 Å². The van der Waals surface area contributed by atoms with Gasteiger partial charge in [-0.15, -0.1) is 0 Å². The van der Waals surface area contributed by atoms with Crippen LogP contribution in [0.4, 0.5) is 11.5 Å². The minimum absolute atomic E-state index is 0.490. The fraction of sp³-hybridized carbons (Fsp3) is 0.0833. The first kappa shape index (κ1) is 12.4. The number of rotatable bonds is 4. The Labute approximate surface area is 108 Å². The molecule has 0 radical (unpaired) electrons. The highest BCUT2D eigenvalue weighted by Gasteiger charge is 2.05. The van der Waals surface area contributed by atoms with Gasteiger partial charge < -0.3 is 10.5 Å². The molecule has 18 heavy (non-hydrogen) atoms. The summed E-state index contributed by atoms with van der Waals surface area (Å²) >= 11 is 0. The molecule has 1 heterocycles. The van der Waals surface area contributed by atoms with Crippen LogP contribution in [-0.2, 0) is 11.0 Å². The molecule has 0 saturated carbocycles. The van der Waals surface area contributed by atoms with Crippen LogP contribution in [0.25, 0.3) is 0 Å². The van der Waals surface area contributed by atoms with E-state index in [0.29, 0.717) is 22.2 Å². The molecule has 2 aromatic rings. The molecule has 6 heteroatoms. The summed E-state index contributed by atoms with van der Waals surface area (Å²) in [5.74, 6) is 1.14. The minimum Gasteiger partial charge on any atom is -0.497 e. The third-order valence-corrected chi connectivity index (χ3v) is 3.35. The van der Waals surface area contributed by atoms with Crippen molar-refractivity contribution in [3.8, 4) is 5.75 Å². The van der Waals surface area contributed by atoms with Crippen molar-refractivity contribution in [2.75, 3.05) is 17.6 Å². The van der Waals surface area contributed by atoms with Crippen LogP contribution in [0, 0.1) is 0 Å². The molecule has 0 saturated heterocycles. The Balaban J connectivity index is 2.13. The maximum Gasteiger partial charge on any atom is 0.151 e. The normalized spacial score (nSPS) is 11.8. The molecule has 0 spiro atoms. The highest BCUT2D eigenvalue weighted by molar-refractivity contribution is 7.86.